The van der Waals surface area contributed by atoms with Gasteiger partial charge < -0.3 is 25.0 Å². The number of carboxylic acid groups (broad SMARTS) is 1. The summed E-state index contributed by atoms with van der Waals surface area (Å²) in [5, 5.41) is 24.2. The maximum Gasteiger partial charge on any atom is 0.413 e. The van der Waals surface area contributed by atoms with Crippen LogP contribution in [0.1, 0.15) is 53.2 Å². The predicted octanol–water partition coefficient (Wildman–Crippen LogP) is 2.44. The third kappa shape index (κ3) is 8.21. The number of anilines is 1. The van der Waals surface area contributed by atoms with E-state index in [0.717, 1.165) is 0 Å². The van der Waals surface area contributed by atoms with Gasteiger partial charge in [0.15, 0.2) is 6.04 Å². The van der Waals surface area contributed by atoms with Gasteiger partial charge in [-0.15, -0.1) is 0 Å². The number of pyridine rings is 1. The zero-order valence-electron chi connectivity index (χ0n) is 16.8. The highest BCUT2D eigenvalue weighted by atomic mass is 16.6. The third-order valence-electron chi connectivity index (χ3n) is 3.01. The topological polar surface area (TPSA) is 147 Å². The maximum absolute atomic E-state index is 11.8. The Kier molecular flexibility index (Phi) is 7.34. The van der Waals surface area contributed by atoms with Crippen LogP contribution in [-0.4, -0.2) is 50.6 Å². The zero-order valence-corrected chi connectivity index (χ0v) is 16.8. The number of nitrogens with one attached hydrogen (secondary N) is 2. The van der Waals surface area contributed by atoms with Crippen LogP contribution in [0.4, 0.5) is 15.4 Å². The number of aliphatic hydroxyl groups is 1. The number of ether oxygens (including phenoxy) is 2. The van der Waals surface area contributed by atoms with E-state index in [9.17, 15) is 24.6 Å². The van der Waals surface area contributed by atoms with E-state index in [4.69, 9.17) is 9.47 Å². The Labute approximate surface area is 163 Å². The van der Waals surface area contributed by atoms with E-state index in [2.05, 4.69) is 15.6 Å². The van der Waals surface area contributed by atoms with Gasteiger partial charge >= 0.3 is 18.2 Å². The zero-order chi connectivity index (χ0) is 21.7. The molecule has 0 saturated heterocycles. The van der Waals surface area contributed by atoms with E-state index >= 15 is 0 Å². The first-order chi connectivity index (χ1) is 12.7. The quantitative estimate of drug-likeness (QED) is 0.592. The fourth-order valence-electron chi connectivity index (χ4n) is 1.97. The van der Waals surface area contributed by atoms with E-state index in [-0.39, 0.29) is 11.4 Å². The van der Waals surface area contributed by atoms with Gasteiger partial charge in [-0.25, -0.2) is 19.4 Å². The van der Waals surface area contributed by atoms with Crippen LogP contribution in [0.2, 0.25) is 0 Å². The molecule has 10 nitrogen and oxygen atoms in total. The van der Waals surface area contributed by atoms with E-state index < -0.39 is 41.5 Å². The second kappa shape index (κ2) is 8.87. The van der Waals surface area contributed by atoms with Crippen molar-refractivity contribution >= 4 is 24.0 Å². The van der Waals surface area contributed by atoms with Gasteiger partial charge in [-0.1, -0.05) is 6.07 Å². The Balaban J connectivity index is 2.82. The molecule has 1 aromatic heterocycles. The number of carbonyl (C=O) groups is 3. The molecule has 0 bridgehead atoms. The van der Waals surface area contributed by atoms with E-state index in [1.165, 1.54) is 18.3 Å². The minimum absolute atomic E-state index is 0.123. The molecule has 28 heavy (non-hydrogen) atoms. The molecule has 0 saturated carbocycles. The minimum atomic E-state index is -1.65. The number of nitrogens with zero attached hydrogens (tertiary/aromatic N) is 1. The number of carbonyl (C=O) groups excluding carboxylic acids is 2. The van der Waals surface area contributed by atoms with Crippen molar-refractivity contribution in [3.8, 4) is 0 Å². The summed E-state index contributed by atoms with van der Waals surface area (Å²) in [5.74, 6) is -1.30. The first-order valence-corrected chi connectivity index (χ1v) is 8.54. The van der Waals surface area contributed by atoms with Crippen molar-refractivity contribution in [2.75, 3.05) is 5.32 Å². The van der Waals surface area contributed by atoms with Gasteiger partial charge in [0.1, 0.15) is 23.1 Å². The number of hydrogen-bond donors (Lipinski definition) is 4. The van der Waals surface area contributed by atoms with Crippen molar-refractivity contribution in [3.05, 3.63) is 23.9 Å². The number of carboxylic acids is 1. The molecule has 0 aliphatic heterocycles. The Hall–Kier alpha value is -2.88. The molecule has 4 N–H and O–H groups in total. The van der Waals surface area contributed by atoms with Crippen molar-refractivity contribution in [2.45, 2.75) is 64.9 Å². The summed E-state index contributed by atoms with van der Waals surface area (Å²) in [6.07, 6.45) is -2.09. The highest BCUT2D eigenvalue weighted by molar-refractivity contribution is 5.83. The third-order valence-corrected chi connectivity index (χ3v) is 3.01. The van der Waals surface area contributed by atoms with Gasteiger partial charge in [-0.2, -0.15) is 0 Å². The largest absolute Gasteiger partial charge is 0.480 e. The van der Waals surface area contributed by atoms with Crippen LogP contribution in [0.5, 0.6) is 0 Å². The number of alkyl carbamates (subject to hydrolysis) is 1. The number of hydrogen-bond acceptors (Lipinski definition) is 7. The fraction of sp³-hybridized carbons (Fsp3) is 0.556. The Morgan fingerprint density at radius 2 is 1.54 bits per heavy atom. The smallest absolute Gasteiger partial charge is 0.413 e. The average Bonchev–Trinajstić information content (AvgIpc) is 2.48. The summed E-state index contributed by atoms with van der Waals surface area (Å²) in [5.41, 5.74) is -1.38. The summed E-state index contributed by atoms with van der Waals surface area (Å²) < 4.78 is 10.1. The fourth-order valence-corrected chi connectivity index (χ4v) is 1.97. The highest BCUT2D eigenvalue weighted by Gasteiger charge is 2.31. The molecule has 0 aliphatic carbocycles. The molecule has 1 heterocycles. The molecule has 0 radical (unpaired) electrons. The first kappa shape index (κ1) is 23.2. The standard InChI is InChI=1S/C18H27N3O7/c1-17(2,3)27-15(25)20-11-8-7-10(9-19-11)13(22)12(14(23)24)21-16(26)28-18(4,5)6/h7-9,12-13,22H,1-6H3,(H,21,26)(H,23,24)(H,19,20,25)/t12-,13+/m1/s1. The lowest BCUT2D eigenvalue weighted by Gasteiger charge is -2.24. The molecular weight excluding hydrogens is 370 g/mol. The Morgan fingerprint density at radius 3 is 1.96 bits per heavy atom. The van der Waals surface area contributed by atoms with Crippen LogP contribution >= 0.6 is 0 Å². The second-order valence-corrected chi connectivity index (χ2v) is 8.01. The van der Waals surface area contributed by atoms with Crippen LogP contribution in [0.3, 0.4) is 0 Å². The lowest BCUT2D eigenvalue weighted by Crippen LogP contribution is -2.46. The van der Waals surface area contributed by atoms with E-state index in [1.54, 1.807) is 41.5 Å². The van der Waals surface area contributed by atoms with Gasteiger partial charge in [0.25, 0.3) is 0 Å². The number of rotatable bonds is 5. The molecule has 2 amide bonds. The average molecular weight is 397 g/mol. The highest BCUT2D eigenvalue weighted by Crippen LogP contribution is 2.19. The summed E-state index contributed by atoms with van der Waals surface area (Å²) in [6.45, 7) is 10.0. The molecule has 0 spiro atoms. The second-order valence-electron chi connectivity index (χ2n) is 8.01. The summed E-state index contributed by atoms with van der Waals surface area (Å²) in [7, 11) is 0. The van der Waals surface area contributed by atoms with Gasteiger partial charge in [-0.05, 0) is 47.6 Å². The Morgan fingerprint density at radius 1 is 1.00 bits per heavy atom. The van der Waals surface area contributed by atoms with Crippen molar-refractivity contribution in [2.24, 2.45) is 0 Å². The van der Waals surface area contributed by atoms with Gasteiger partial charge in [0.2, 0.25) is 0 Å². The lowest BCUT2D eigenvalue weighted by atomic mass is 10.0. The molecule has 156 valence electrons. The molecule has 1 aromatic rings. The van der Waals surface area contributed by atoms with Crippen molar-refractivity contribution in [3.63, 3.8) is 0 Å². The van der Waals surface area contributed by atoms with Gasteiger partial charge in [-0.3, -0.25) is 5.32 Å². The van der Waals surface area contributed by atoms with Crippen LogP contribution in [0, 0.1) is 0 Å². The monoisotopic (exact) mass is 397 g/mol. The maximum atomic E-state index is 11.8. The van der Waals surface area contributed by atoms with E-state index in [0.29, 0.717) is 0 Å². The molecule has 2 atom stereocenters. The summed E-state index contributed by atoms with van der Waals surface area (Å²) in [4.78, 5) is 38.9. The SMILES string of the molecule is CC(C)(C)OC(=O)Nc1ccc([C@H](O)[C@@H](NC(=O)OC(C)(C)C)C(=O)O)cn1. The van der Waals surface area contributed by atoms with Crippen LogP contribution in [0.15, 0.2) is 18.3 Å². The first-order valence-electron chi connectivity index (χ1n) is 8.54. The van der Waals surface area contributed by atoms with Gasteiger partial charge in [0.05, 0.1) is 0 Å². The molecule has 0 aromatic carbocycles. The normalized spacial score (nSPS) is 13.8. The Bertz CT molecular complexity index is 705. The summed E-state index contributed by atoms with van der Waals surface area (Å²) in [6, 6.07) is 1.09. The van der Waals surface area contributed by atoms with Crippen molar-refractivity contribution in [1.82, 2.24) is 10.3 Å². The number of aliphatic hydroxyl groups excluding tert-OH is 1. The molecule has 1 rings (SSSR count). The number of aliphatic carboxylic acids is 1. The van der Waals surface area contributed by atoms with E-state index in [1.807, 2.05) is 0 Å². The summed E-state index contributed by atoms with van der Waals surface area (Å²) >= 11 is 0. The van der Waals surface area contributed by atoms with Crippen molar-refractivity contribution < 1.29 is 34.1 Å². The molecule has 0 fully saturated rings. The molecular formula is C18H27N3O7. The van der Waals surface area contributed by atoms with Gasteiger partial charge in [0, 0.05) is 11.8 Å². The molecule has 10 heteroatoms. The lowest BCUT2D eigenvalue weighted by molar-refractivity contribution is -0.142. The molecule has 0 aliphatic rings. The number of aromatic nitrogens is 1. The number of amides is 2. The van der Waals surface area contributed by atoms with Crippen LogP contribution in [0.25, 0.3) is 0 Å². The van der Waals surface area contributed by atoms with Crippen LogP contribution in [-0.2, 0) is 14.3 Å². The molecule has 0 unspecified atom stereocenters. The minimum Gasteiger partial charge on any atom is -0.480 e. The predicted molar refractivity (Wildman–Crippen MR) is 99.8 cm³/mol. The van der Waals surface area contributed by atoms with Crippen molar-refractivity contribution in [1.29, 1.82) is 0 Å². The van der Waals surface area contributed by atoms with Crippen LogP contribution < -0.4 is 10.6 Å².